The Bertz CT molecular complexity index is 689. The molecule has 0 atom stereocenters. The maximum atomic E-state index is 12.0. The van der Waals surface area contributed by atoms with Crippen molar-refractivity contribution in [3.63, 3.8) is 0 Å². The van der Waals surface area contributed by atoms with Crippen molar-refractivity contribution in [3.8, 4) is 0 Å². The Morgan fingerprint density at radius 2 is 2.05 bits per heavy atom. The van der Waals surface area contributed by atoms with E-state index in [1.54, 1.807) is 13.4 Å². The topological polar surface area (TPSA) is 50.2 Å². The smallest absolute Gasteiger partial charge is 0.260 e. The SMILES string of the molecule is Cn1cnc2cc(NCCCN3CCCCC3)ccc2c1=O. The zero-order chi connectivity index (χ0) is 15.4. The highest BCUT2D eigenvalue weighted by Crippen LogP contribution is 2.14. The quantitative estimate of drug-likeness (QED) is 0.860. The molecule has 1 N–H and O–H groups in total. The number of hydrogen-bond acceptors (Lipinski definition) is 4. The van der Waals surface area contributed by atoms with E-state index in [0.717, 1.165) is 24.2 Å². The largest absolute Gasteiger partial charge is 0.385 e. The molecule has 0 aliphatic carbocycles. The van der Waals surface area contributed by atoms with Crippen LogP contribution < -0.4 is 10.9 Å². The summed E-state index contributed by atoms with van der Waals surface area (Å²) in [6.45, 7) is 4.62. The Kier molecular flexibility index (Phi) is 4.73. The van der Waals surface area contributed by atoms with Crippen LogP contribution in [-0.2, 0) is 7.05 Å². The number of anilines is 1. The second kappa shape index (κ2) is 6.92. The maximum absolute atomic E-state index is 12.0. The maximum Gasteiger partial charge on any atom is 0.260 e. The number of hydrogen-bond donors (Lipinski definition) is 1. The van der Waals surface area contributed by atoms with Crippen LogP contribution in [0.25, 0.3) is 10.9 Å². The van der Waals surface area contributed by atoms with E-state index in [9.17, 15) is 4.79 Å². The van der Waals surface area contributed by atoms with Gasteiger partial charge in [0.1, 0.15) is 0 Å². The number of likely N-dealkylation sites (tertiary alicyclic amines) is 1. The van der Waals surface area contributed by atoms with Gasteiger partial charge in [0.25, 0.3) is 5.56 Å². The van der Waals surface area contributed by atoms with E-state index in [1.165, 1.54) is 43.5 Å². The zero-order valence-electron chi connectivity index (χ0n) is 13.2. The number of nitrogens with zero attached hydrogens (tertiary/aromatic N) is 3. The van der Waals surface area contributed by atoms with Crippen molar-refractivity contribution in [2.45, 2.75) is 25.7 Å². The molecule has 2 aromatic rings. The van der Waals surface area contributed by atoms with Crippen molar-refractivity contribution in [2.24, 2.45) is 7.05 Å². The molecule has 1 aliphatic heterocycles. The molecule has 1 saturated heterocycles. The van der Waals surface area contributed by atoms with E-state index < -0.39 is 0 Å². The molecular formula is C17H24N4O. The summed E-state index contributed by atoms with van der Waals surface area (Å²) >= 11 is 0. The molecule has 0 bridgehead atoms. The summed E-state index contributed by atoms with van der Waals surface area (Å²) in [7, 11) is 1.72. The lowest BCUT2D eigenvalue weighted by Crippen LogP contribution is -2.31. The van der Waals surface area contributed by atoms with Crippen molar-refractivity contribution >= 4 is 16.6 Å². The normalized spacial score (nSPS) is 16.0. The van der Waals surface area contributed by atoms with E-state index in [1.807, 2.05) is 18.2 Å². The van der Waals surface area contributed by atoms with Gasteiger partial charge in [-0.15, -0.1) is 0 Å². The van der Waals surface area contributed by atoms with Crippen LogP contribution in [0.3, 0.4) is 0 Å². The molecule has 22 heavy (non-hydrogen) atoms. The first-order chi connectivity index (χ1) is 10.7. The van der Waals surface area contributed by atoms with E-state index in [-0.39, 0.29) is 5.56 Å². The molecule has 0 saturated carbocycles. The lowest BCUT2D eigenvalue weighted by molar-refractivity contribution is 0.228. The average Bonchev–Trinajstić information content (AvgIpc) is 2.56. The summed E-state index contributed by atoms with van der Waals surface area (Å²) in [6, 6.07) is 5.78. The third kappa shape index (κ3) is 3.47. The van der Waals surface area contributed by atoms with Gasteiger partial charge in [-0.1, -0.05) is 6.42 Å². The fourth-order valence-corrected chi connectivity index (χ4v) is 3.04. The van der Waals surface area contributed by atoms with Gasteiger partial charge in [0.15, 0.2) is 0 Å². The first-order valence-electron chi connectivity index (χ1n) is 8.16. The molecule has 2 heterocycles. The van der Waals surface area contributed by atoms with Gasteiger partial charge in [0.2, 0.25) is 0 Å². The molecule has 118 valence electrons. The van der Waals surface area contributed by atoms with Crippen molar-refractivity contribution < 1.29 is 0 Å². The van der Waals surface area contributed by atoms with Crippen LogP contribution >= 0.6 is 0 Å². The minimum atomic E-state index is 0.00153. The zero-order valence-corrected chi connectivity index (χ0v) is 13.2. The molecule has 0 radical (unpaired) electrons. The predicted molar refractivity (Wildman–Crippen MR) is 90.4 cm³/mol. The number of aromatic nitrogens is 2. The van der Waals surface area contributed by atoms with E-state index in [4.69, 9.17) is 0 Å². The Balaban J connectivity index is 1.55. The third-order valence-corrected chi connectivity index (χ3v) is 4.35. The molecule has 1 aromatic carbocycles. The monoisotopic (exact) mass is 300 g/mol. The number of rotatable bonds is 5. The Morgan fingerprint density at radius 1 is 1.23 bits per heavy atom. The first-order valence-corrected chi connectivity index (χ1v) is 8.16. The number of piperidine rings is 1. The van der Waals surface area contributed by atoms with Crippen LogP contribution in [-0.4, -0.2) is 40.6 Å². The molecular weight excluding hydrogens is 276 g/mol. The molecule has 5 heteroatoms. The molecule has 5 nitrogen and oxygen atoms in total. The van der Waals surface area contributed by atoms with Gasteiger partial charge in [-0.2, -0.15) is 0 Å². The van der Waals surface area contributed by atoms with Crippen LogP contribution in [0.4, 0.5) is 5.69 Å². The van der Waals surface area contributed by atoms with Gasteiger partial charge in [-0.3, -0.25) is 4.79 Å². The molecule has 0 unspecified atom stereocenters. The highest BCUT2D eigenvalue weighted by Gasteiger charge is 2.09. The minimum Gasteiger partial charge on any atom is -0.385 e. The number of nitrogens with one attached hydrogen (secondary N) is 1. The summed E-state index contributed by atoms with van der Waals surface area (Å²) in [5, 5.41) is 4.11. The van der Waals surface area contributed by atoms with E-state index in [0.29, 0.717) is 5.39 Å². The van der Waals surface area contributed by atoms with Crippen LogP contribution in [0.5, 0.6) is 0 Å². The molecule has 3 rings (SSSR count). The average molecular weight is 300 g/mol. The van der Waals surface area contributed by atoms with Crippen molar-refractivity contribution in [2.75, 3.05) is 31.5 Å². The summed E-state index contributed by atoms with van der Waals surface area (Å²) in [4.78, 5) is 18.8. The molecule has 1 aromatic heterocycles. The fourth-order valence-electron chi connectivity index (χ4n) is 3.04. The Labute approximate surface area is 131 Å². The molecule has 0 amide bonds. The summed E-state index contributed by atoms with van der Waals surface area (Å²) in [6.07, 6.45) is 6.79. The third-order valence-electron chi connectivity index (χ3n) is 4.35. The van der Waals surface area contributed by atoms with Gasteiger partial charge in [0, 0.05) is 19.3 Å². The van der Waals surface area contributed by atoms with Gasteiger partial charge in [-0.25, -0.2) is 4.98 Å². The minimum absolute atomic E-state index is 0.00153. The van der Waals surface area contributed by atoms with Crippen molar-refractivity contribution in [1.29, 1.82) is 0 Å². The Hall–Kier alpha value is -1.88. The number of aryl methyl sites for hydroxylation is 1. The molecule has 1 fully saturated rings. The van der Waals surface area contributed by atoms with Crippen molar-refractivity contribution in [1.82, 2.24) is 14.5 Å². The summed E-state index contributed by atoms with van der Waals surface area (Å²) in [5.41, 5.74) is 1.79. The van der Waals surface area contributed by atoms with Crippen molar-refractivity contribution in [3.05, 3.63) is 34.9 Å². The van der Waals surface area contributed by atoms with Crippen LogP contribution in [0.15, 0.2) is 29.3 Å². The lowest BCUT2D eigenvalue weighted by atomic mass is 10.1. The summed E-state index contributed by atoms with van der Waals surface area (Å²) < 4.78 is 1.51. The van der Waals surface area contributed by atoms with E-state index >= 15 is 0 Å². The highest BCUT2D eigenvalue weighted by molar-refractivity contribution is 5.81. The van der Waals surface area contributed by atoms with Gasteiger partial charge >= 0.3 is 0 Å². The fraction of sp³-hybridized carbons (Fsp3) is 0.529. The molecule has 1 aliphatic rings. The standard InChI is InChI=1S/C17H24N4O/c1-20-13-19-16-12-14(6-7-15(16)17(20)22)18-8-5-11-21-9-3-2-4-10-21/h6-7,12-13,18H,2-5,8-11H2,1H3. The van der Waals surface area contributed by atoms with Gasteiger partial charge < -0.3 is 14.8 Å². The van der Waals surface area contributed by atoms with Gasteiger partial charge in [-0.05, 0) is 57.1 Å². The number of benzene rings is 1. The second-order valence-corrected chi connectivity index (χ2v) is 6.08. The predicted octanol–water partition coefficient (Wildman–Crippen LogP) is 2.22. The molecule has 0 spiro atoms. The van der Waals surface area contributed by atoms with Crippen LogP contribution in [0, 0.1) is 0 Å². The Morgan fingerprint density at radius 3 is 2.86 bits per heavy atom. The van der Waals surface area contributed by atoms with E-state index in [2.05, 4.69) is 15.2 Å². The van der Waals surface area contributed by atoms with Gasteiger partial charge in [0.05, 0.1) is 17.2 Å². The van der Waals surface area contributed by atoms with Crippen LogP contribution in [0.1, 0.15) is 25.7 Å². The summed E-state index contributed by atoms with van der Waals surface area (Å²) in [5.74, 6) is 0. The first kappa shape index (κ1) is 15.0. The van der Waals surface area contributed by atoms with Crippen LogP contribution in [0.2, 0.25) is 0 Å². The highest BCUT2D eigenvalue weighted by atomic mass is 16.1. The lowest BCUT2D eigenvalue weighted by Gasteiger charge is -2.26. The second-order valence-electron chi connectivity index (χ2n) is 6.08. The number of fused-ring (bicyclic) bond motifs is 1.